The van der Waals surface area contributed by atoms with Crippen LogP contribution >= 0.6 is 0 Å². The molecule has 0 unspecified atom stereocenters. The van der Waals surface area contributed by atoms with Gasteiger partial charge < -0.3 is 10.6 Å². The summed E-state index contributed by atoms with van der Waals surface area (Å²) >= 11 is 0. The minimum Gasteiger partial charge on any atom is -0.352 e. The first kappa shape index (κ1) is 13.6. The molecule has 0 saturated heterocycles. The van der Waals surface area contributed by atoms with Crippen molar-refractivity contribution in [1.82, 2.24) is 10.6 Å². The van der Waals surface area contributed by atoms with Crippen molar-refractivity contribution in [3.8, 4) is 0 Å². The van der Waals surface area contributed by atoms with Crippen molar-refractivity contribution in [2.75, 3.05) is 20.1 Å². The summed E-state index contributed by atoms with van der Waals surface area (Å²) in [4.78, 5) is 11.7. The van der Waals surface area contributed by atoms with Crippen LogP contribution in [0.2, 0.25) is 0 Å². The van der Waals surface area contributed by atoms with E-state index in [1.54, 1.807) is 13.0 Å². The van der Waals surface area contributed by atoms with Crippen molar-refractivity contribution in [2.45, 2.75) is 13.8 Å². The average molecular weight is 238 g/mol. The largest absolute Gasteiger partial charge is 0.352 e. The van der Waals surface area contributed by atoms with Crippen molar-refractivity contribution in [3.63, 3.8) is 0 Å². The molecule has 1 rings (SSSR count). The summed E-state index contributed by atoms with van der Waals surface area (Å²) in [6.07, 6.45) is 0. The second-order valence-corrected chi connectivity index (χ2v) is 4.36. The molecule has 0 aliphatic rings. The molecule has 0 saturated carbocycles. The molecular formula is C13H19FN2O. The standard InChI is InChI=1S/C13H19FN2O/c1-9-4-5-11(12(14)6-9)13(17)16-8-10(2)7-15-3/h4-6,10,15H,7-8H2,1-3H3,(H,16,17)/t10-/m1/s1. The fourth-order valence-corrected chi connectivity index (χ4v) is 1.59. The second-order valence-electron chi connectivity index (χ2n) is 4.36. The molecule has 94 valence electrons. The predicted octanol–water partition coefficient (Wildman–Crippen LogP) is 1.72. The van der Waals surface area contributed by atoms with Crippen LogP contribution in [0.1, 0.15) is 22.8 Å². The molecule has 1 atom stereocenters. The van der Waals surface area contributed by atoms with Crippen LogP contribution in [0.3, 0.4) is 0 Å². The lowest BCUT2D eigenvalue weighted by Gasteiger charge is -2.12. The number of hydrogen-bond acceptors (Lipinski definition) is 2. The summed E-state index contributed by atoms with van der Waals surface area (Å²) in [5.74, 6) is -0.508. The molecule has 0 spiro atoms. The number of benzene rings is 1. The third-order valence-corrected chi connectivity index (χ3v) is 2.53. The van der Waals surface area contributed by atoms with Crippen LogP contribution in [0.25, 0.3) is 0 Å². The van der Waals surface area contributed by atoms with E-state index in [0.29, 0.717) is 12.5 Å². The van der Waals surface area contributed by atoms with Gasteiger partial charge >= 0.3 is 0 Å². The van der Waals surface area contributed by atoms with Gasteiger partial charge in [0.25, 0.3) is 5.91 Å². The van der Waals surface area contributed by atoms with E-state index in [4.69, 9.17) is 0 Å². The van der Waals surface area contributed by atoms with E-state index in [-0.39, 0.29) is 11.5 Å². The molecule has 0 radical (unpaired) electrons. The van der Waals surface area contributed by atoms with Crippen LogP contribution < -0.4 is 10.6 Å². The number of nitrogens with one attached hydrogen (secondary N) is 2. The van der Waals surface area contributed by atoms with Gasteiger partial charge in [0.2, 0.25) is 0 Å². The lowest BCUT2D eigenvalue weighted by Crippen LogP contribution is -2.32. The van der Waals surface area contributed by atoms with Crippen LogP contribution in [0.5, 0.6) is 0 Å². The number of aryl methyl sites for hydroxylation is 1. The number of amides is 1. The Morgan fingerprint density at radius 3 is 2.71 bits per heavy atom. The fraction of sp³-hybridized carbons (Fsp3) is 0.462. The zero-order chi connectivity index (χ0) is 12.8. The molecule has 4 heteroatoms. The average Bonchev–Trinajstić information content (AvgIpc) is 2.26. The Bertz CT molecular complexity index is 393. The van der Waals surface area contributed by atoms with Crippen LogP contribution in [0, 0.1) is 18.7 Å². The monoisotopic (exact) mass is 238 g/mol. The van der Waals surface area contributed by atoms with Gasteiger partial charge in [-0.15, -0.1) is 0 Å². The lowest BCUT2D eigenvalue weighted by molar-refractivity contribution is 0.0944. The Morgan fingerprint density at radius 1 is 1.41 bits per heavy atom. The smallest absolute Gasteiger partial charge is 0.254 e. The van der Waals surface area contributed by atoms with Gasteiger partial charge in [-0.25, -0.2) is 4.39 Å². The predicted molar refractivity (Wildman–Crippen MR) is 66.6 cm³/mol. The molecule has 0 aromatic heterocycles. The number of halogens is 1. The van der Waals surface area contributed by atoms with Crippen molar-refractivity contribution in [1.29, 1.82) is 0 Å². The number of rotatable bonds is 5. The fourth-order valence-electron chi connectivity index (χ4n) is 1.59. The minimum atomic E-state index is -0.469. The third-order valence-electron chi connectivity index (χ3n) is 2.53. The molecule has 2 N–H and O–H groups in total. The van der Waals surface area contributed by atoms with Gasteiger partial charge in [0, 0.05) is 6.54 Å². The van der Waals surface area contributed by atoms with Gasteiger partial charge in [0.15, 0.2) is 0 Å². The van der Waals surface area contributed by atoms with Gasteiger partial charge in [-0.2, -0.15) is 0 Å². The zero-order valence-corrected chi connectivity index (χ0v) is 10.5. The minimum absolute atomic E-state index is 0.104. The van der Waals surface area contributed by atoms with E-state index in [1.165, 1.54) is 12.1 Å². The molecule has 0 heterocycles. The van der Waals surface area contributed by atoms with Crippen LogP contribution in [0.15, 0.2) is 18.2 Å². The Balaban J connectivity index is 2.58. The summed E-state index contributed by atoms with van der Waals surface area (Å²) in [5.41, 5.74) is 0.912. The van der Waals surface area contributed by atoms with E-state index in [0.717, 1.165) is 12.1 Å². The van der Waals surface area contributed by atoms with Crippen molar-refractivity contribution >= 4 is 5.91 Å². The quantitative estimate of drug-likeness (QED) is 0.820. The highest BCUT2D eigenvalue weighted by Crippen LogP contribution is 2.09. The second kappa shape index (κ2) is 6.35. The van der Waals surface area contributed by atoms with Gasteiger partial charge in [0.05, 0.1) is 5.56 Å². The summed E-state index contributed by atoms with van der Waals surface area (Å²) in [6.45, 7) is 5.16. The van der Waals surface area contributed by atoms with Crippen molar-refractivity contribution in [2.24, 2.45) is 5.92 Å². The van der Waals surface area contributed by atoms with Crippen LogP contribution in [-0.4, -0.2) is 26.0 Å². The molecule has 0 bridgehead atoms. The Hall–Kier alpha value is -1.42. The summed E-state index contributed by atoms with van der Waals surface area (Å²) in [5, 5.41) is 5.75. The maximum atomic E-state index is 13.5. The highest BCUT2D eigenvalue weighted by Gasteiger charge is 2.12. The lowest BCUT2D eigenvalue weighted by atomic mass is 10.1. The van der Waals surface area contributed by atoms with Gasteiger partial charge in [-0.1, -0.05) is 13.0 Å². The summed E-state index contributed by atoms with van der Waals surface area (Å²) < 4.78 is 13.5. The topological polar surface area (TPSA) is 41.1 Å². The van der Waals surface area contributed by atoms with Crippen LogP contribution in [-0.2, 0) is 0 Å². The molecular weight excluding hydrogens is 219 g/mol. The van der Waals surface area contributed by atoms with Gasteiger partial charge in [0.1, 0.15) is 5.82 Å². The maximum absolute atomic E-state index is 13.5. The van der Waals surface area contributed by atoms with E-state index >= 15 is 0 Å². The molecule has 3 nitrogen and oxygen atoms in total. The highest BCUT2D eigenvalue weighted by molar-refractivity contribution is 5.94. The SMILES string of the molecule is CNC[C@@H](C)CNC(=O)c1ccc(C)cc1F. The highest BCUT2D eigenvalue weighted by atomic mass is 19.1. The third kappa shape index (κ3) is 4.15. The van der Waals surface area contributed by atoms with Crippen LogP contribution in [0.4, 0.5) is 4.39 Å². The normalized spacial score (nSPS) is 12.2. The number of carbonyl (C=O) groups excluding carboxylic acids is 1. The molecule has 17 heavy (non-hydrogen) atoms. The molecule has 0 aliphatic carbocycles. The van der Waals surface area contributed by atoms with Gasteiger partial charge in [-0.3, -0.25) is 4.79 Å². The first-order valence-corrected chi connectivity index (χ1v) is 5.73. The van der Waals surface area contributed by atoms with E-state index in [9.17, 15) is 9.18 Å². The first-order valence-electron chi connectivity index (χ1n) is 5.73. The Labute approximate surface area is 101 Å². The van der Waals surface area contributed by atoms with Crippen molar-refractivity contribution in [3.05, 3.63) is 35.1 Å². The molecule has 0 aliphatic heterocycles. The zero-order valence-electron chi connectivity index (χ0n) is 10.5. The first-order chi connectivity index (χ1) is 8.04. The summed E-state index contributed by atoms with van der Waals surface area (Å²) in [7, 11) is 1.86. The van der Waals surface area contributed by atoms with E-state index in [1.807, 2.05) is 14.0 Å². The molecule has 0 fully saturated rings. The maximum Gasteiger partial charge on any atom is 0.254 e. The number of carbonyl (C=O) groups is 1. The van der Waals surface area contributed by atoms with E-state index in [2.05, 4.69) is 10.6 Å². The molecule has 1 aromatic rings. The Kier molecular flexibility index (Phi) is 5.10. The molecule has 1 amide bonds. The Morgan fingerprint density at radius 2 is 2.12 bits per heavy atom. The number of hydrogen-bond donors (Lipinski definition) is 2. The van der Waals surface area contributed by atoms with E-state index < -0.39 is 5.82 Å². The van der Waals surface area contributed by atoms with Gasteiger partial charge in [-0.05, 0) is 44.1 Å². The molecule has 1 aromatic carbocycles. The summed E-state index contributed by atoms with van der Waals surface area (Å²) in [6, 6.07) is 4.61. The van der Waals surface area contributed by atoms with Crippen molar-refractivity contribution < 1.29 is 9.18 Å².